The molecule has 0 spiro atoms. The Morgan fingerprint density at radius 1 is 1.06 bits per heavy atom. The number of hydrogen-bond donors (Lipinski definition) is 1. The first-order chi connectivity index (χ1) is 8.15. The van der Waals surface area contributed by atoms with Gasteiger partial charge in [0.25, 0.3) is 5.91 Å². The Balaban J connectivity index is 2.19. The summed E-state index contributed by atoms with van der Waals surface area (Å²) in [5, 5.41) is 2.68. The van der Waals surface area contributed by atoms with Crippen LogP contribution in [0.3, 0.4) is 0 Å². The van der Waals surface area contributed by atoms with Crippen molar-refractivity contribution in [2.45, 2.75) is 13.8 Å². The average molecular weight is 227 g/mol. The summed E-state index contributed by atoms with van der Waals surface area (Å²) in [6.07, 6.45) is 0. The molecule has 0 aliphatic rings. The van der Waals surface area contributed by atoms with Crippen LogP contribution in [0.25, 0.3) is 0 Å². The SMILES string of the molecule is Cc1cc(C)nc(NC(=O)c2ccccc2)n1. The highest BCUT2D eigenvalue weighted by molar-refractivity contribution is 6.03. The van der Waals surface area contributed by atoms with Gasteiger partial charge in [0.15, 0.2) is 0 Å². The molecule has 1 aromatic carbocycles. The molecule has 0 aliphatic heterocycles. The smallest absolute Gasteiger partial charge is 0.258 e. The van der Waals surface area contributed by atoms with Gasteiger partial charge in [-0.1, -0.05) is 18.2 Å². The van der Waals surface area contributed by atoms with Gasteiger partial charge in [0.2, 0.25) is 5.95 Å². The Hall–Kier alpha value is -2.23. The normalized spacial score (nSPS) is 10.0. The summed E-state index contributed by atoms with van der Waals surface area (Å²) in [4.78, 5) is 20.2. The van der Waals surface area contributed by atoms with E-state index in [0.29, 0.717) is 11.5 Å². The van der Waals surface area contributed by atoms with E-state index >= 15 is 0 Å². The molecule has 0 saturated carbocycles. The van der Waals surface area contributed by atoms with Crippen LogP contribution in [0.1, 0.15) is 21.7 Å². The standard InChI is InChI=1S/C13H13N3O/c1-9-8-10(2)15-13(14-9)16-12(17)11-6-4-3-5-7-11/h3-8H,1-2H3,(H,14,15,16,17). The van der Waals surface area contributed by atoms with E-state index in [0.717, 1.165) is 11.4 Å². The third-order valence-corrected chi connectivity index (χ3v) is 2.24. The van der Waals surface area contributed by atoms with Gasteiger partial charge in [-0.2, -0.15) is 0 Å². The highest BCUT2D eigenvalue weighted by Gasteiger charge is 2.07. The number of nitrogens with zero attached hydrogens (tertiary/aromatic N) is 2. The molecule has 4 nitrogen and oxygen atoms in total. The third kappa shape index (κ3) is 2.87. The minimum Gasteiger partial charge on any atom is -0.290 e. The fourth-order valence-electron chi connectivity index (χ4n) is 1.55. The Morgan fingerprint density at radius 2 is 1.65 bits per heavy atom. The van der Waals surface area contributed by atoms with Crippen molar-refractivity contribution < 1.29 is 4.79 Å². The molecule has 0 atom stereocenters. The zero-order valence-electron chi connectivity index (χ0n) is 9.77. The maximum atomic E-state index is 11.8. The number of aryl methyl sites for hydroxylation is 2. The number of nitrogens with one attached hydrogen (secondary N) is 1. The largest absolute Gasteiger partial charge is 0.290 e. The summed E-state index contributed by atoms with van der Waals surface area (Å²) < 4.78 is 0. The Morgan fingerprint density at radius 3 is 2.24 bits per heavy atom. The first-order valence-corrected chi connectivity index (χ1v) is 5.34. The minimum absolute atomic E-state index is 0.199. The van der Waals surface area contributed by atoms with Gasteiger partial charge in [0.05, 0.1) is 0 Å². The summed E-state index contributed by atoms with van der Waals surface area (Å²) in [6, 6.07) is 10.9. The van der Waals surface area contributed by atoms with Crippen LogP contribution in [0.15, 0.2) is 36.4 Å². The fourth-order valence-corrected chi connectivity index (χ4v) is 1.55. The Kier molecular flexibility index (Phi) is 3.14. The van der Waals surface area contributed by atoms with Crippen LogP contribution in [-0.2, 0) is 0 Å². The van der Waals surface area contributed by atoms with E-state index in [4.69, 9.17) is 0 Å². The average Bonchev–Trinajstić information content (AvgIpc) is 2.28. The monoisotopic (exact) mass is 227 g/mol. The van der Waals surface area contributed by atoms with Crippen molar-refractivity contribution in [3.05, 3.63) is 53.3 Å². The van der Waals surface area contributed by atoms with Crippen molar-refractivity contribution in [2.75, 3.05) is 5.32 Å². The van der Waals surface area contributed by atoms with Crippen LogP contribution in [0.5, 0.6) is 0 Å². The van der Waals surface area contributed by atoms with Gasteiger partial charge in [-0.15, -0.1) is 0 Å². The number of benzene rings is 1. The number of amides is 1. The fraction of sp³-hybridized carbons (Fsp3) is 0.154. The zero-order chi connectivity index (χ0) is 12.3. The highest BCUT2D eigenvalue weighted by atomic mass is 16.1. The van der Waals surface area contributed by atoms with Crippen LogP contribution >= 0.6 is 0 Å². The van der Waals surface area contributed by atoms with E-state index in [-0.39, 0.29) is 5.91 Å². The number of hydrogen-bond acceptors (Lipinski definition) is 3. The Bertz CT molecular complexity index is 517. The Labute approximate surface area is 99.7 Å². The molecule has 0 radical (unpaired) electrons. The van der Waals surface area contributed by atoms with Gasteiger partial charge in [0, 0.05) is 17.0 Å². The summed E-state index contributed by atoms with van der Waals surface area (Å²) in [5.41, 5.74) is 2.26. The second-order valence-corrected chi connectivity index (χ2v) is 3.79. The summed E-state index contributed by atoms with van der Waals surface area (Å²) in [7, 11) is 0. The third-order valence-electron chi connectivity index (χ3n) is 2.24. The van der Waals surface area contributed by atoms with Crippen LogP contribution in [0.4, 0.5) is 5.95 Å². The van der Waals surface area contributed by atoms with Crippen molar-refractivity contribution in [3.8, 4) is 0 Å². The second kappa shape index (κ2) is 4.74. The van der Waals surface area contributed by atoms with Gasteiger partial charge in [0.1, 0.15) is 0 Å². The molecule has 1 heterocycles. The molecule has 2 rings (SSSR count). The molecule has 1 N–H and O–H groups in total. The summed E-state index contributed by atoms with van der Waals surface area (Å²) >= 11 is 0. The maximum Gasteiger partial charge on any atom is 0.258 e. The van der Waals surface area contributed by atoms with E-state index in [1.165, 1.54) is 0 Å². The number of anilines is 1. The number of carbonyl (C=O) groups excluding carboxylic acids is 1. The molecular weight excluding hydrogens is 214 g/mol. The minimum atomic E-state index is -0.199. The molecule has 4 heteroatoms. The highest BCUT2D eigenvalue weighted by Crippen LogP contribution is 2.06. The number of aromatic nitrogens is 2. The van der Waals surface area contributed by atoms with E-state index in [1.54, 1.807) is 12.1 Å². The van der Waals surface area contributed by atoms with Crippen molar-refractivity contribution in [2.24, 2.45) is 0 Å². The zero-order valence-corrected chi connectivity index (χ0v) is 9.77. The predicted molar refractivity (Wildman–Crippen MR) is 65.9 cm³/mol. The quantitative estimate of drug-likeness (QED) is 0.856. The van der Waals surface area contributed by atoms with Crippen LogP contribution in [0, 0.1) is 13.8 Å². The lowest BCUT2D eigenvalue weighted by Gasteiger charge is -2.05. The maximum absolute atomic E-state index is 11.8. The van der Waals surface area contributed by atoms with Crippen LogP contribution < -0.4 is 5.32 Å². The van der Waals surface area contributed by atoms with E-state index in [9.17, 15) is 4.79 Å². The lowest BCUT2D eigenvalue weighted by Crippen LogP contribution is -2.14. The lowest BCUT2D eigenvalue weighted by atomic mass is 10.2. The molecule has 86 valence electrons. The van der Waals surface area contributed by atoms with Gasteiger partial charge in [-0.3, -0.25) is 10.1 Å². The van der Waals surface area contributed by atoms with E-state index in [1.807, 2.05) is 38.1 Å². The van der Waals surface area contributed by atoms with Crippen LogP contribution in [0.2, 0.25) is 0 Å². The van der Waals surface area contributed by atoms with Gasteiger partial charge >= 0.3 is 0 Å². The van der Waals surface area contributed by atoms with Gasteiger partial charge < -0.3 is 0 Å². The molecule has 0 bridgehead atoms. The molecule has 0 saturated heterocycles. The molecule has 17 heavy (non-hydrogen) atoms. The van der Waals surface area contributed by atoms with Crippen LogP contribution in [-0.4, -0.2) is 15.9 Å². The van der Waals surface area contributed by atoms with Crippen molar-refractivity contribution in [1.82, 2.24) is 9.97 Å². The first-order valence-electron chi connectivity index (χ1n) is 5.34. The van der Waals surface area contributed by atoms with Gasteiger partial charge in [-0.25, -0.2) is 9.97 Å². The molecule has 1 aromatic heterocycles. The number of rotatable bonds is 2. The van der Waals surface area contributed by atoms with Crippen molar-refractivity contribution in [3.63, 3.8) is 0 Å². The summed E-state index contributed by atoms with van der Waals surface area (Å²) in [6.45, 7) is 3.74. The second-order valence-electron chi connectivity index (χ2n) is 3.79. The predicted octanol–water partition coefficient (Wildman–Crippen LogP) is 2.35. The molecule has 0 unspecified atom stereocenters. The van der Waals surface area contributed by atoms with Gasteiger partial charge in [-0.05, 0) is 32.0 Å². The topological polar surface area (TPSA) is 54.9 Å². The molecule has 1 amide bonds. The summed E-state index contributed by atoms with van der Waals surface area (Å²) in [5.74, 6) is 0.145. The number of carbonyl (C=O) groups is 1. The van der Waals surface area contributed by atoms with E-state index in [2.05, 4.69) is 15.3 Å². The van der Waals surface area contributed by atoms with Crippen molar-refractivity contribution in [1.29, 1.82) is 0 Å². The molecule has 2 aromatic rings. The first kappa shape index (κ1) is 11.3. The van der Waals surface area contributed by atoms with Crippen molar-refractivity contribution >= 4 is 11.9 Å². The lowest BCUT2D eigenvalue weighted by molar-refractivity contribution is 0.102. The molecular formula is C13H13N3O. The van der Waals surface area contributed by atoms with E-state index < -0.39 is 0 Å². The molecule has 0 fully saturated rings. The molecule has 0 aliphatic carbocycles.